The van der Waals surface area contributed by atoms with Gasteiger partial charge in [-0.1, -0.05) is 26.0 Å². The van der Waals surface area contributed by atoms with Crippen LogP contribution in [-0.4, -0.2) is 23.7 Å². The van der Waals surface area contributed by atoms with Gasteiger partial charge in [0.15, 0.2) is 0 Å². The van der Waals surface area contributed by atoms with E-state index in [1.807, 2.05) is 19.9 Å². The van der Waals surface area contributed by atoms with Crippen molar-refractivity contribution >= 4 is 17.5 Å². The number of hydrogen-bond donors (Lipinski definition) is 2. The normalized spacial score (nSPS) is 12.5. The lowest BCUT2D eigenvalue weighted by Gasteiger charge is -2.14. The zero-order valence-corrected chi connectivity index (χ0v) is 11.6. The SMILES string of the molecule is CC(C)CC(O)CNC(=O)c1cccc(CCl)c1. The van der Waals surface area contributed by atoms with Gasteiger partial charge < -0.3 is 10.4 Å². The Morgan fingerprint density at radius 2 is 2.17 bits per heavy atom. The highest BCUT2D eigenvalue weighted by molar-refractivity contribution is 6.17. The van der Waals surface area contributed by atoms with Crippen molar-refractivity contribution in [2.24, 2.45) is 5.92 Å². The largest absolute Gasteiger partial charge is 0.391 e. The molecule has 4 heteroatoms. The van der Waals surface area contributed by atoms with Crippen LogP contribution in [-0.2, 0) is 5.88 Å². The second-order valence-electron chi connectivity index (χ2n) is 4.83. The summed E-state index contributed by atoms with van der Waals surface area (Å²) in [5.74, 6) is 0.623. The maximum atomic E-state index is 11.8. The molecular formula is C14H20ClNO2. The molecule has 3 nitrogen and oxygen atoms in total. The first kappa shape index (κ1) is 15.0. The van der Waals surface area contributed by atoms with Crippen molar-refractivity contribution < 1.29 is 9.90 Å². The molecule has 100 valence electrons. The first-order chi connectivity index (χ1) is 8.52. The summed E-state index contributed by atoms with van der Waals surface area (Å²) in [6.07, 6.45) is 0.187. The van der Waals surface area contributed by atoms with E-state index in [1.165, 1.54) is 0 Å². The minimum absolute atomic E-state index is 0.176. The zero-order chi connectivity index (χ0) is 13.5. The van der Waals surface area contributed by atoms with Crippen LogP contribution in [0.2, 0.25) is 0 Å². The fraction of sp³-hybridized carbons (Fsp3) is 0.500. The standard InChI is InChI=1S/C14H20ClNO2/c1-10(2)6-13(17)9-16-14(18)12-5-3-4-11(7-12)8-15/h3-5,7,10,13,17H,6,8-9H2,1-2H3,(H,16,18). The quantitative estimate of drug-likeness (QED) is 0.780. The molecule has 18 heavy (non-hydrogen) atoms. The number of nitrogens with one attached hydrogen (secondary N) is 1. The molecule has 0 saturated heterocycles. The average molecular weight is 270 g/mol. The van der Waals surface area contributed by atoms with E-state index < -0.39 is 6.10 Å². The minimum atomic E-state index is -0.495. The second-order valence-corrected chi connectivity index (χ2v) is 5.09. The maximum Gasteiger partial charge on any atom is 0.251 e. The van der Waals surface area contributed by atoms with Crippen LogP contribution in [0.4, 0.5) is 0 Å². The van der Waals surface area contributed by atoms with E-state index in [2.05, 4.69) is 5.32 Å². The lowest BCUT2D eigenvalue weighted by Crippen LogP contribution is -2.32. The molecule has 0 aliphatic rings. The molecule has 2 N–H and O–H groups in total. The Hall–Kier alpha value is -1.06. The summed E-state index contributed by atoms with van der Waals surface area (Å²) in [6.45, 7) is 4.35. The fourth-order valence-corrected chi connectivity index (χ4v) is 1.90. The Morgan fingerprint density at radius 3 is 2.78 bits per heavy atom. The van der Waals surface area contributed by atoms with Crippen molar-refractivity contribution in [2.45, 2.75) is 32.3 Å². The number of carbonyl (C=O) groups excluding carboxylic acids is 1. The van der Waals surface area contributed by atoms with Crippen LogP contribution in [0.15, 0.2) is 24.3 Å². The van der Waals surface area contributed by atoms with Crippen LogP contribution in [0.1, 0.15) is 36.2 Å². The van der Waals surface area contributed by atoms with Crippen molar-refractivity contribution in [1.82, 2.24) is 5.32 Å². The van der Waals surface area contributed by atoms with E-state index in [4.69, 9.17) is 11.6 Å². The molecule has 1 atom stereocenters. The van der Waals surface area contributed by atoms with Gasteiger partial charge >= 0.3 is 0 Å². The van der Waals surface area contributed by atoms with Crippen LogP contribution in [0.5, 0.6) is 0 Å². The number of aliphatic hydroxyl groups excluding tert-OH is 1. The molecule has 0 bridgehead atoms. The molecule has 1 unspecified atom stereocenters. The van der Waals surface area contributed by atoms with Gasteiger partial charge in [0.1, 0.15) is 0 Å². The number of hydrogen-bond acceptors (Lipinski definition) is 2. The molecule has 0 aromatic heterocycles. The van der Waals surface area contributed by atoms with Gasteiger partial charge in [0.25, 0.3) is 5.91 Å². The third-order valence-corrected chi connectivity index (χ3v) is 2.89. The number of rotatable bonds is 6. The monoisotopic (exact) mass is 269 g/mol. The predicted octanol–water partition coefficient (Wildman–Crippen LogP) is 2.56. The number of carbonyl (C=O) groups is 1. The maximum absolute atomic E-state index is 11.8. The Labute approximate surface area is 113 Å². The van der Waals surface area contributed by atoms with E-state index in [0.29, 0.717) is 23.8 Å². The third-order valence-electron chi connectivity index (χ3n) is 2.59. The minimum Gasteiger partial charge on any atom is -0.391 e. The summed E-state index contributed by atoms with van der Waals surface area (Å²) in [7, 11) is 0. The molecule has 0 aliphatic heterocycles. The van der Waals surface area contributed by atoms with Crippen molar-refractivity contribution in [3.63, 3.8) is 0 Å². The molecule has 1 aromatic rings. The lowest BCUT2D eigenvalue weighted by atomic mass is 10.1. The summed E-state index contributed by atoms with van der Waals surface area (Å²) >= 11 is 5.72. The van der Waals surface area contributed by atoms with Gasteiger partial charge in [-0.2, -0.15) is 0 Å². The molecule has 1 amide bonds. The molecular weight excluding hydrogens is 250 g/mol. The lowest BCUT2D eigenvalue weighted by molar-refractivity contribution is 0.0900. The highest BCUT2D eigenvalue weighted by Crippen LogP contribution is 2.08. The van der Waals surface area contributed by atoms with Crippen molar-refractivity contribution in [2.75, 3.05) is 6.54 Å². The van der Waals surface area contributed by atoms with Crippen LogP contribution >= 0.6 is 11.6 Å². The van der Waals surface area contributed by atoms with Gasteiger partial charge in [-0.15, -0.1) is 11.6 Å². The summed E-state index contributed by atoms with van der Waals surface area (Å²) < 4.78 is 0. The Balaban J connectivity index is 2.49. The fourth-order valence-electron chi connectivity index (χ4n) is 1.74. The van der Waals surface area contributed by atoms with Gasteiger partial charge in [-0.05, 0) is 30.0 Å². The second kappa shape index (κ2) is 7.39. The third kappa shape index (κ3) is 5.07. The van der Waals surface area contributed by atoms with Crippen molar-refractivity contribution in [1.29, 1.82) is 0 Å². The van der Waals surface area contributed by atoms with Gasteiger partial charge in [-0.25, -0.2) is 0 Å². The number of benzene rings is 1. The zero-order valence-electron chi connectivity index (χ0n) is 10.8. The molecule has 0 radical (unpaired) electrons. The van der Waals surface area contributed by atoms with Crippen molar-refractivity contribution in [3.8, 4) is 0 Å². The van der Waals surface area contributed by atoms with Gasteiger partial charge in [-0.3, -0.25) is 4.79 Å². The number of amides is 1. The smallest absolute Gasteiger partial charge is 0.251 e. The predicted molar refractivity (Wildman–Crippen MR) is 73.8 cm³/mol. The first-order valence-corrected chi connectivity index (χ1v) is 6.67. The number of halogens is 1. The van der Waals surface area contributed by atoms with Gasteiger partial charge in [0.2, 0.25) is 0 Å². The topological polar surface area (TPSA) is 49.3 Å². The summed E-state index contributed by atoms with van der Waals surface area (Å²) in [6, 6.07) is 7.17. The van der Waals surface area contributed by atoms with E-state index in [1.54, 1.807) is 18.2 Å². The molecule has 1 aromatic carbocycles. The van der Waals surface area contributed by atoms with E-state index in [-0.39, 0.29) is 12.5 Å². The molecule has 1 rings (SSSR count). The number of alkyl halides is 1. The van der Waals surface area contributed by atoms with E-state index in [0.717, 1.165) is 5.56 Å². The van der Waals surface area contributed by atoms with Gasteiger partial charge in [0, 0.05) is 18.0 Å². The van der Waals surface area contributed by atoms with E-state index >= 15 is 0 Å². The number of aliphatic hydroxyl groups is 1. The first-order valence-electron chi connectivity index (χ1n) is 6.14. The van der Waals surface area contributed by atoms with Crippen LogP contribution in [0.3, 0.4) is 0 Å². The summed E-state index contributed by atoms with van der Waals surface area (Å²) in [5.41, 5.74) is 1.48. The Morgan fingerprint density at radius 1 is 1.44 bits per heavy atom. The molecule has 0 fully saturated rings. The van der Waals surface area contributed by atoms with Gasteiger partial charge in [0.05, 0.1) is 6.10 Å². The van der Waals surface area contributed by atoms with Crippen molar-refractivity contribution in [3.05, 3.63) is 35.4 Å². The molecule has 0 heterocycles. The Bertz CT molecular complexity index is 393. The van der Waals surface area contributed by atoms with E-state index in [9.17, 15) is 9.90 Å². The average Bonchev–Trinajstić information content (AvgIpc) is 2.35. The highest BCUT2D eigenvalue weighted by atomic mass is 35.5. The molecule has 0 spiro atoms. The summed E-state index contributed by atoms with van der Waals surface area (Å²) in [4.78, 5) is 11.8. The highest BCUT2D eigenvalue weighted by Gasteiger charge is 2.10. The van der Waals surface area contributed by atoms with Crippen LogP contribution in [0.25, 0.3) is 0 Å². The molecule has 0 aliphatic carbocycles. The summed E-state index contributed by atoms with van der Waals surface area (Å²) in [5, 5.41) is 12.4. The van der Waals surface area contributed by atoms with Crippen LogP contribution in [0, 0.1) is 5.92 Å². The van der Waals surface area contributed by atoms with Crippen LogP contribution < -0.4 is 5.32 Å². The molecule has 0 saturated carbocycles. The Kier molecular flexibility index (Phi) is 6.16.